The number of ether oxygens (including phenoxy) is 1. The van der Waals surface area contributed by atoms with Gasteiger partial charge in [0.15, 0.2) is 5.78 Å². The van der Waals surface area contributed by atoms with E-state index in [4.69, 9.17) is 5.73 Å². The summed E-state index contributed by atoms with van der Waals surface area (Å²) in [6, 6.07) is 4.07. The molecule has 0 aliphatic heterocycles. The minimum atomic E-state index is -0.984. The second-order valence-electron chi connectivity index (χ2n) is 3.26. The van der Waals surface area contributed by atoms with Crippen molar-refractivity contribution < 1.29 is 18.7 Å². The van der Waals surface area contributed by atoms with Gasteiger partial charge in [-0.05, 0) is 24.3 Å². The van der Waals surface area contributed by atoms with Crippen LogP contribution in [0.2, 0.25) is 0 Å². The van der Waals surface area contributed by atoms with Crippen LogP contribution in [0.5, 0.6) is 0 Å². The van der Waals surface area contributed by atoms with Gasteiger partial charge in [0, 0.05) is 12.0 Å². The average molecular weight is 225 g/mol. The third kappa shape index (κ3) is 3.13. The van der Waals surface area contributed by atoms with Crippen molar-refractivity contribution in [1.29, 1.82) is 0 Å². The van der Waals surface area contributed by atoms with E-state index in [1.165, 1.54) is 31.4 Å². The van der Waals surface area contributed by atoms with E-state index in [9.17, 15) is 14.0 Å². The number of ketones is 1. The normalized spacial score (nSPS) is 11.9. The summed E-state index contributed by atoms with van der Waals surface area (Å²) < 4.78 is 17.0. The predicted molar refractivity (Wildman–Crippen MR) is 55.3 cm³/mol. The number of rotatable bonds is 4. The summed E-state index contributed by atoms with van der Waals surface area (Å²) in [5.74, 6) is -1.39. The summed E-state index contributed by atoms with van der Waals surface area (Å²) in [4.78, 5) is 22.5. The van der Waals surface area contributed by atoms with Crippen LogP contribution in [0.1, 0.15) is 16.8 Å². The molecule has 0 saturated heterocycles. The van der Waals surface area contributed by atoms with Gasteiger partial charge in [0.2, 0.25) is 0 Å². The van der Waals surface area contributed by atoms with Crippen LogP contribution < -0.4 is 5.73 Å². The summed E-state index contributed by atoms with van der Waals surface area (Å²) in [5, 5.41) is 0. The molecule has 1 rings (SSSR count). The molecule has 1 aromatic rings. The molecule has 1 aromatic carbocycles. The standard InChI is InChI=1S/C11H12FNO3/c1-16-11(15)9(13)6-10(14)7-2-4-8(12)5-3-7/h2-5,9H,6,13H2,1H3. The number of carbonyl (C=O) groups excluding carboxylic acids is 2. The molecular formula is C11H12FNO3. The highest BCUT2D eigenvalue weighted by molar-refractivity contribution is 5.98. The number of methoxy groups -OCH3 is 1. The van der Waals surface area contributed by atoms with Crippen molar-refractivity contribution in [3.05, 3.63) is 35.6 Å². The molecular weight excluding hydrogens is 213 g/mol. The first-order chi connectivity index (χ1) is 7.54. The number of Topliss-reactive ketones (excluding diaryl/α,β-unsaturated/α-hetero) is 1. The van der Waals surface area contributed by atoms with Gasteiger partial charge in [-0.25, -0.2) is 4.39 Å². The predicted octanol–water partition coefficient (Wildman–Crippen LogP) is 0.899. The molecule has 0 bridgehead atoms. The highest BCUT2D eigenvalue weighted by Gasteiger charge is 2.18. The van der Waals surface area contributed by atoms with Gasteiger partial charge in [-0.15, -0.1) is 0 Å². The zero-order valence-corrected chi connectivity index (χ0v) is 8.77. The molecule has 1 unspecified atom stereocenters. The van der Waals surface area contributed by atoms with Crippen molar-refractivity contribution in [1.82, 2.24) is 0 Å². The Morgan fingerprint density at radius 2 is 1.94 bits per heavy atom. The second-order valence-corrected chi connectivity index (χ2v) is 3.26. The Kier molecular flexibility index (Phi) is 4.13. The zero-order chi connectivity index (χ0) is 12.1. The van der Waals surface area contributed by atoms with Crippen molar-refractivity contribution in [3.63, 3.8) is 0 Å². The molecule has 0 aliphatic rings. The van der Waals surface area contributed by atoms with Crippen LogP contribution in [0.4, 0.5) is 4.39 Å². The van der Waals surface area contributed by atoms with Crippen LogP contribution in [0.3, 0.4) is 0 Å². The van der Waals surface area contributed by atoms with Gasteiger partial charge in [0.25, 0.3) is 0 Å². The molecule has 0 aliphatic carbocycles. The third-order valence-corrected chi connectivity index (χ3v) is 2.08. The van der Waals surface area contributed by atoms with E-state index < -0.39 is 17.8 Å². The summed E-state index contributed by atoms with van der Waals surface area (Å²) in [7, 11) is 1.20. The van der Waals surface area contributed by atoms with Gasteiger partial charge < -0.3 is 10.5 Å². The second kappa shape index (κ2) is 5.37. The average Bonchev–Trinajstić information content (AvgIpc) is 2.28. The van der Waals surface area contributed by atoms with Crippen molar-refractivity contribution in [2.24, 2.45) is 5.73 Å². The first-order valence-electron chi connectivity index (χ1n) is 4.66. The highest BCUT2D eigenvalue weighted by atomic mass is 19.1. The lowest BCUT2D eigenvalue weighted by atomic mass is 10.0. The molecule has 2 N–H and O–H groups in total. The molecule has 0 heterocycles. The van der Waals surface area contributed by atoms with Gasteiger partial charge in [-0.1, -0.05) is 0 Å². The molecule has 1 atom stereocenters. The highest BCUT2D eigenvalue weighted by Crippen LogP contribution is 2.07. The molecule has 0 radical (unpaired) electrons. The number of halogens is 1. The van der Waals surface area contributed by atoms with Crippen LogP contribution in [0, 0.1) is 5.82 Å². The first-order valence-corrected chi connectivity index (χ1v) is 4.66. The number of hydrogen-bond donors (Lipinski definition) is 1. The Labute approximate surface area is 92.2 Å². The number of carbonyl (C=O) groups is 2. The van der Waals surface area contributed by atoms with E-state index in [2.05, 4.69) is 4.74 Å². The summed E-state index contributed by atoms with van der Waals surface area (Å²) in [5.41, 5.74) is 5.75. The number of benzene rings is 1. The minimum absolute atomic E-state index is 0.154. The molecule has 0 aromatic heterocycles. The maximum Gasteiger partial charge on any atom is 0.323 e. The van der Waals surface area contributed by atoms with E-state index >= 15 is 0 Å². The Morgan fingerprint density at radius 1 is 1.38 bits per heavy atom. The van der Waals surface area contributed by atoms with Gasteiger partial charge in [0.1, 0.15) is 11.9 Å². The van der Waals surface area contributed by atoms with E-state index in [0.29, 0.717) is 5.56 Å². The van der Waals surface area contributed by atoms with Gasteiger partial charge in [0.05, 0.1) is 7.11 Å². The first kappa shape index (κ1) is 12.3. The summed E-state index contributed by atoms with van der Waals surface area (Å²) in [6.07, 6.45) is -0.154. The van der Waals surface area contributed by atoms with E-state index in [1.807, 2.05) is 0 Å². The van der Waals surface area contributed by atoms with Crippen LogP contribution in [-0.4, -0.2) is 24.9 Å². The van der Waals surface area contributed by atoms with Crippen molar-refractivity contribution >= 4 is 11.8 Å². The fraction of sp³-hybridized carbons (Fsp3) is 0.273. The molecule has 4 nitrogen and oxygen atoms in total. The fourth-order valence-corrected chi connectivity index (χ4v) is 1.19. The lowest BCUT2D eigenvalue weighted by Crippen LogP contribution is -2.33. The zero-order valence-electron chi connectivity index (χ0n) is 8.77. The Balaban J connectivity index is 2.65. The van der Waals surface area contributed by atoms with Crippen LogP contribution in [0.15, 0.2) is 24.3 Å². The fourth-order valence-electron chi connectivity index (χ4n) is 1.19. The molecule has 0 spiro atoms. The lowest BCUT2D eigenvalue weighted by molar-refractivity contribution is -0.142. The van der Waals surface area contributed by atoms with E-state index in [0.717, 1.165) is 0 Å². The number of hydrogen-bond acceptors (Lipinski definition) is 4. The largest absolute Gasteiger partial charge is 0.468 e. The van der Waals surface area contributed by atoms with Crippen molar-refractivity contribution in [2.45, 2.75) is 12.5 Å². The lowest BCUT2D eigenvalue weighted by Gasteiger charge is -2.07. The molecule has 16 heavy (non-hydrogen) atoms. The molecule has 0 fully saturated rings. The van der Waals surface area contributed by atoms with E-state index in [-0.39, 0.29) is 12.2 Å². The summed E-state index contributed by atoms with van der Waals surface area (Å²) in [6.45, 7) is 0. The number of esters is 1. The molecule has 5 heteroatoms. The molecule has 0 amide bonds. The van der Waals surface area contributed by atoms with Crippen LogP contribution >= 0.6 is 0 Å². The Hall–Kier alpha value is -1.75. The quantitative estimate of drug-likeness (QED) is 0.610. The van der Waals surface area contributed by atoms with Gasteiger partial charge in [-0.3, -0.25) is 9.59 Å². The van der Waals surface area contributed by atoms with E-state index in [1.54, 1.807) is 0 Å². The SMILES string of the molecule is COC(=O)C(N)CC(=O)c1ccc(F)cc1. The molecule has 0 saturated carbocycles. The monoisotopic (exact) mass is 225 g/mol. The molecule has 86 valence electrons. The maximum absolute atomic E-state index is 12.6. The Morgan fingerprint density at radius 3 is 2.44 bits per heavy atom. The minimum Gasteiger partial charge on any atom is -0.468 e. The number of nitrogens with two attached hydrogens (primary N) is 1. The maximum atomic E-state index is 12.6. The Bertz CT molecular complexity index is 389. The van der Waals surface area contributed by atoms with Crippen LogP contribution in [0.25, 0.3) is 0 Å². The van der Waals surface area contributed by atoms with Crippen LogP contribution in [-0.2, 0) is 9.53 Å². The van der Waals surface area contributed by atoms with Gasteiger partial charge in [-0.2, -0.15) is 0 Å². The topological polar surface area (TPSA) is 69.4 Å². The van der Waals surface area contributed by atoms with Crippen molar-refractivity contribution in [3.8, 4) is 0 Å². The van der Waals surface area contributed by atoms with Crippen molar-refractivity contribution in [2.75, 3.05) is 7.11 Å². The van der Waals surface area contributed by atoms with Gasteiger partial charge >= 0.3 is 5.97 Å². The summed E-state index contributed by atoms with van der Waals surface area (Å²) >= 11 is 0. The third-order valence-electron chi connectivity index (χ3n) is 2.08. The smallest absolute Gasteiger partial charge is 0.323 e.